The number of hydrogen-bond donors (Lipinski definition) is 1. The Kier molecular flexibility index (Phi) is 6.39. The minimum atomic E-state index is -3.46. The second-order valence-corrected chi connectivity index (χ2v) is 9.47. The maximum Gasteiger partial charge on any atom is 0.254 e. The molecular weight excluding hydrogens is 412 g/mol. The van der Waals surface area contributed by atoms with Gasteiger partial charge in [-0.3, -0.25) is 4.79 Å². The van der Waals surface area contributed by atoms with Gasteiger partial charge in [-0.05, 0) is 30.9 Å². The summed E-state index contributed by atoms with van der Waals surface area (Å²) >= 11 is 0. The van der Waals surface area contributed by atoms with Gasteiger partial charge < -0.3 is 5.32 Å². The second kappa shape index (κ2) is 9.36. The molecule has 0 atom stereocenters. The van der Waals surface area contributed by atoms with Crippen LogP contribution in [0, 0.1) is 5.92 Å². The van der Waals surface area contributed by atoms with E-state index in [0.717, 1.165) is 5.56 Å². The normalized spacial score (nSPS) is 15.5. The molecule has 8 heteroatoms. The Morgan fingerprint density at radius 1 is 0.935 bits per heavy atom. The molecule has 1 amide bonds. The SMILES string of the molecule is O=C(NCC1CCN(S(=O)(=O)c2ccccc2)CC1)c1cnc(-c2ccccc2)nc1. The molecule has 3 aromatic rings. The Bertz CT molecular complexity index is 1110. The zero-order chi connectivity index (χ0) is 21.7. The van der Waals surface area contributed by atoms with Crippen molar-refractivity contribution in [1.29, 1.82) is 0 Å². The second-order valence-electron chi connectivity index (χ2n) is 7.53. The Hall–Kier alpha value is -3.10. The van der Waals surface area contributed by atoms with Gasteiger partial charge in [0.05, 0.1) is 10.5 Å². The molecule has 160 valence electrons. The lowest BCUT2D eigenvalue weighted by Crippen LogP contribution is -2.41. The Morgan fingerprint density at radius 3 is 2.13 bits per heavy atom. The summed E-state index contributed by atoms with van der Waals surface area (Å²) in [6.07, 6.45) is 4.46. The van der Waals surface area contributed by atoms with Gasteiger partial charge in [-0.15, -0.1) is 0 Å². The smallest absolute Gasteiger partial charge is 0.254 e. The van der Waals surface area contributed by atoms with Gasteiger partial charge in [0.15, 0.2) is 5.82 Å². The van der Waals surface area contributed by atoms with Crippen LogP contribution in [0.4, 0.5) is 0 Å². The van der Waals surface area contributed by atoms with Gasteiger partial charge in [0, 0.05) is 37.6 Å². The molecule has 1 aromatic heterocycles. The molecule has 0 aliphatic carbocycles. The van der Waals surface area contributed by atoms with E-state index in [4.69, 9.17) is 0 Å². The first-order chi connectivity index (χ1) is 15.0. The van der Waals surface area contributed by atoms with E-state index >= 15 is 0 Å². The molecule has 2 heterocycles. The van der Waals surface area contributed by atoms with E-state index in [1.54, 1.807) is 30.3 Å². The molecule has 7 nitrogen and oxygen atoms in total. The van der Waals surface area contributed by atoms with Gasteiger partial charge in [0.25, 0.3) is 5.91 Å². The predicted octanol–water partition coefficient (Wildman–Crippen LogP) is 2.97. The highest BCUT2D eigenvalue weighted by atomic mass is 32.2. The number of nitrogens with one attached hydrogen (secondary N) is 1. The highest BCUT2D eigenvalue weighted by Gasteiger charge is 2.29. The maximum atomic E-state index is 12.7. The molecule has 0 saturated carbocycles. The lowest BCUT2D eigenvalue weighted by Gasteiger charge is -2.31. The van der Waals surface area contributed by atoms with Gasteiger partial charge >= 0.3 is 0 Å². The van der Waals surface area contributed by atoms with Crippen molar-refractivity contribution < 1.29 is 13.2 Å². The minimum absolute atomic E-state index is 0.223. The van der Waals surface area contributed by atoms with Crippen LogP contribution < -0.4 is 5.32 Å². The van der Waals surface area contributed by atoms with Crippen molar-refractivity contribution >= 4 is 15.9 Å². The molecule has 2 aromatic carbocycles. The monoisotopic (exact) mass is 436 g/mol. The highest BCUT2D eigenvalue weighted by Crippen LogP contribution is 2.23. The fraction of sp³-hybridized carbons (Fsp3) is 0.261. The van der Waals surface area contributed by atoms with Crippen LogP contribution in [0.5, 0.6) is 0 Å². The average molecular weight is 437 g/mol. The zero-order valence-corrected chi connectivity index (χ0v) is 17.8. The summed E-state index contributed by atoms with van der Waals surface area (Å²) in [7, 11) is -3.46. The third-order valence-corrected chi connectivity index (χ3v) is 7.36. The summed E-state index contributed by atoms with van der Waals surface area (Å²) in [4.78, 5) is 21.3. The molecule has 0 spiro atoms. The lowest BCUT2D eigenvalue weighted by atomic mass is 9.98. The van der Waals surface area contributed by atoms with Crippen LogP contribution in [0.1, 0.15) is 23.2 Å². The average Bonchev–Trinajstić information content (AvgIpc) is 2.84. The Labute approximate surface area is 182 Å². The number of sulfonamides is 1. The van der Waals surface area contributed by atoms with Crippen LogP contribution in [0.3, 0.4) is 0 Å². The van der Waals surface area contributed by atoms with Gasteiger partial charge in [0.1, 0.15) is 0 Å². The largest absolute Gasteiger partial charge is 0.352 e. The van der Waals surface area contributed by atoms with Crippen molar-refractivity contribution in [3.8, 4) is 11.4 Å². The van der Waals surface area contributed by atoms with E-state index in [1.165, 1.54) is 16.7 Å². The molecule has 0 radical (unpaired) electrons. The molecule has 0 unspecified atom stereocenters. The van der Waals surface area contributed by atoms with Crippen LogP contribution in [0.2, 0.25) is 0 Å². The van der Waals surface area contributed by atoms with Gasteiger partial charge in [-0.1, -0.05) is 48.5 Å². The Balaban J connectivity index is 1.28. The highest BCUT2D eigenvalue weighted by molar-refractivity contribution is 7.89. The maximum absolute atomic E-state index is 12.7. The standard InChI is InChI=1S/C23H24N4O3S/c28-23(20-16-24-22(25-17-20)19-7-3-1-4-8-19)26-15-18-11-13-27(14-12-18)31(29,30)21-9-5-2-6-10-21/h1-10,16-18H,11-15H2,(H,26,28). The zero-order valence-electron chi connectivity index (χ0n) is 17.0. The first-order valence-electron chi connectivity index (χ1n) is 10.2. The van der Waals surface area contributed by atoms with Crippen LogP contribution in [0.25, 0.3) is 11.4 Å². The number of hydrogen-bond acceptors (Lipinski definition) is 5. The molecular formula is C23H24N4O3S. The van der Waals surface area contributed by atoms with E-state index in [9.17, 15) is 13.2 Å². The number of amides is 1. The molecule has 1 saturated heterocycles. The molecule has 0 bridgehead atoms. The predicted molar refractivity (Wildman–Crippen MR) is 118 cm³/mol. The van der Waals surface area contributed by atoms with E-state index in [-0.39, 0.29) is 11.8 Å². The van der Waals surface area contributed by atoms with Crippen molar-refractivity contribution in [1.82, 2.24) is 19.6 Å². The lowest BCUT2D eigenvalue weighted by molar-refractivity contribution is 0.0940. The number of carbonyl (C=O) groups excluding carboxylic acids is 1. The number of rotatable bonds is 6. The number of piperidine rings is 1. The fourth-order valence-electron chi connectivity index (χ4n) is 3.62. The van der Waals surface area contributed by atoms with E-state index < -0.39 is 10.0 Å². The van der Waals surface area contributed by atoms with Crippen molar-refractivity contribution in [3.63, 3.8) is 0 Å². The van der Waals surface area contributed by atoms with E-state index in [0.29, 0.717) is 48.8 Å². The van der Waals surface area contributed by atoms with Crippen molar-refractivity contribution in [2.45, 2.75) is 17.7 Å². The topological polar surface area (TPSA) is 92.3 Å². The van der Waals surface area contributed by atoms with Gasteiger partial charge in [-0.2, -0.15) is 4.31 Å². The van der Waals surface area contributed by atoms with Crippen LogP contribution in [-0.4, -0.2) is 48.2 Å². The number of benzene rings is 2. The third kappa shape index (κ3) is 4.98. The fourth-order valence-corrected chi connectivity index (χ4v) is 5.11. The first kappa shape index (κ1) is 21.1. The van der Waals surface area contributed by atoms with E-state index in [2.05, 4.69) is 15.3 Å². The molecule has 1 fully saturated rings. The van der Waals surface area contributed by atoms with Crippen molar-refractivity contribution in [3.05, 3.63) is 78.6 Å². The van der Waals surface area contributed by atoms with Crippen molar-refractivity contribution in [2.75, 3.05) is 19.6 Å². The summed E-state index contributed by atoms with van der Waals surface area (Å²) in [5, 5.41) is 2.93. The van der Waals surface area contributed by atoms with Gasteiger partial charge in [0.2, 0.25) is 10.0 Å². The van der Waals surface area contributed by atoms with Crippen LogP contribution >= 0.6 is 0 Å². The molecule has 1 aliphatic heterocycles. The van der Waals surface area contributed by atoms with E-state index in [1.807, 2.05) is 30.3 Å². The van der Waals surface area contributed by atoms with Crippen LogP contribution in [0.15, 0.2) is 78.0 Å². The Morgan fingerprint density at radius 2 is 1.52 bits per heavy atom. The first-order valence-corrected chi connectivity index (χ1v) is 11.7. The van der Waals surface area contributed by atoms with Gasteiger partial charge in [-0.25, -0.2) is 18.4 Å². The number of nitrogens with zero attached hydrogens (tertiary/aromatic N) is 3. The van der Waals surface area contributed by atoms with Crippen LogP contribution in [-0.2, 0) is 10.0 Å². The van der Waals surface area contributed by atoms with Crippen molar-refractivity contribution in [2.24, 2.45) is 5.92 Å². The third-order valence-electron chi connectivity index (χ3n) is 5.45. The molecule has 1 N–H and O–H groups in total. The minimum Gasteiger partial charge on any atom is -0.352 e. The molecule has 4 rings (SSSR count). The number of aromatic nitrogens is 2. The molecule has 31 heavy (non-hydrogen) atoms. The summed E-state index contributed by atoms with van der Waals surface area (Å²) in [5.74, 6) is 0.582. The summed E-state index contributed by atoms with van der Waals surface area (Å²) < 4.78 is 27.0. The number of carbonyl (C=O) groups is 1. The summed E-state index contributed by atoms with van der Waals surface area (Å²) in [6, 6.07) is 18.1. The summed E-state index contributed by atoms with van der Waals surface area (Å²) in [5.41, 5.74) is 1.30. The summed E-state index contributed by atoms with van der Waals surface area (Å²) in [6.45, 7) is 1.40. The molecule has 1 aliphatic rings. The quantitative estimate of drug-likeness (QED) is 0.641.